The summed E-state index contributed by atoms with van der Waals surface area (Å²) in [7, 11) is 0. The van der Waals surface area contributed by atoms with Crippen molar-refractivity contribution in [2.45, 2.75) is 37.6 Å². The normalized spacial score (nSPS) is 25.8. The second kappa shape index (κ2) is 4.88. The molecular weight excluding hydrogens is 284 g/mol. The number of hydrogen-bond acceptors (Lipinski definition) is 2. The van der Waals surface area contributed by atoms with E-state index in [9.17, 15) is 8.78 Å². The van der Waals surface area contributed by atoms with Gasteiger partial charge in [-0.05, 0) is 42.0 Å². The average molecular weight is 303 g/mol. The highest BCUT2D eigenvalue weighted by atomic mass is 19.3. The Morgan fingerprint density at radius 1 is 1.09 bits per heavy atom. The fourth-order valence-corrected chi connectivity index (χ4v) is 4.03. The third kappa shape index (κ3) is 2.43. The average Bonchev–Trinajstić information content (AvgIpc) is 3.00. The van der Waals surface area contributed by atoms with E-state index in [1.807, 2.05) is 6.07 Å². The van der Waals surface area contributed by atoms with E-state index in [0.29, 0.717) is 0 Å². The van der Waals surface area contributed by atoms with Gasteiger partial charge in [0.15, 0.2) is 0 Å². The first kappa shape index (κ1) is 13.9. The Labute approximate surface area is 128 Å². The molecule has 22 heavy (non-hydrogen) atoms. The van der Waals surface area contributed by atoms with Crippen LogP contribution in [0.2, 0.25) is 0 Å². The number of nitrogens with one attached hydrogen (secondary N) is 2. The molecule has 1 atom stereocenters. The van der Waals surface area contributed by atoms with Crippen LogP contribution in [0.5, 0.6) is 0 Å². The lowest BCUT2D eigenvalue weighted by Crippen LogP contribution is -2.52. The van der Waals surface area contributed by atoms with Crippen LogP contribution in [-0.2, 0) is 0 Å². The van der Waals surface area contributed by atoms with E-state index in [0.717, 1.165) is 30.6 Å². The van der Waals surface area contributed by atoms with Gasteiger partial charge in [0.05, 0.1) is 5.69 Å². The maximum absolute atomic E-state index is 13.3. The molecule has 0 radical (unpaired) electrons. The van der Waals surface area contributed by atoms with E-state index in [2.05, 4.69) is 39.8 Å². The molecule has 1 aliphatic heterocycles. The summed E-state index contributed by atoms with van der Waals surface area (Å²) < 4.78 is 26.6. The first-order valence-corrected chi connectivity index (χ1v) is 7.76. The number of rotatable bonds is 2. The summed E-state index contributed by atoms with van der Waals surface area (Å²) >= 11 is 0. The minimum atomic E-state index is -2.44. The van der Waals surface area contributed by atoms with Crippen molar-refractivity contribution >= 4 is 0 Å². The third-order valence-electron chi connectivity index (χ3n) is 5.08. The Hall–Kier alpha value is -1.75. The van der Waals surface area contributed by atoms with Gasteiger partial charge in [-0.25, -0.2) is 8.78 Å². The van der Waals surface area contributed by atoms with Crippen LogP contribution in [0.4, 0.5) is 8.78 Å². The predicted octanol–water partition coefficient (Wildman–Crippen LogP) is 3.92. The Morgan fingerprint density at radius 2 is 1.86 bits per heavy atom. The third-order valence-corrected chi connectivity index (χ3v) is 5.08. The maximum atomic E-state index is 13.3. The molecule has 1 aromatic carbocycles. The van der Waals surface area contributed by atoms with Crippen molar-refractivity contribution in [3.63, 3.8) is 0 Å². The molecule has 1 saturated carbocycles. The number of hydrogen-bond donors (Lipinski definition) is 2. The van der Waals surface area contributed by atoms with E-state index in [1.54, 1.807) is 6.20 Å². The SMILES string of the molecule is FC1(F)CC2(CCNC(c3ccc(-c4ccn[nH]4)cc3)C2)C1. The van der Waals surface area contributed by atoms with Gasteiger partial charge in [0.1, 0.15) is 0 Å². The lowest BCUT2D eigenvalue weighted by Gasteiger charge is -2.52. The van der Waals surface area contributed by atoms with Gasteiger partial charge >= 0.3 is 0 Å². The lowest BCUT2D eigenvalue weighted by molar-refractivity contribution is -0.174. The summed E-state index contributed by atoms with van der Waals surface area (Å²) in [6, 6.07) is 10.4. The largest absolute Gasteiger partial charge is 0.310 e. The molecule has 2 aliphatic rings. The van der Waals surface area contributed by atoms with Crippen molar-refractivity contribution < 1.29 is 8.78 Å². The Balaban J connectivity index is 1.50. The molecule has 116 valence electrons. The molecule has 1 aliphatic carbocycles. The second-order valence-corrected chi connectivity index (χ2v) is 6.76. The van der Waals surface area contributed by atoms with E-state index in [1.165, 1.54) is 5.56 Å². The minimum Gasteiger partial charge on any atom is -0.310 e. The van der Waals surface area contributed by atoms with E-state index >= 15 is 0 Å². The summed E-state index contributed by atoms with van der Waals surface area (Å²) in [5.41, 5.74) is 3.10. The topological polar surface area (TPSA) is 40.7 Å². The van der Waals surface area contributed by atoms with Crippen LogP contribution in [0.15, 0.2) is 36.5 Å². The van der Waals surface area contributed by atoms with Crippen molar-refractivity contribution in [1.29, 1.82) is 0 Å². The van der Waals surface area contributed by atoms with Gasteiger partial charge in [-0.15, -0.1) is 0 Å². The number of aromatic nitrogens is 2. The first-order chi connectivity index (χ1) is 10.6. The zero-order valence-corrected chi connectivity index (χ0v) is 12.3. The van der Waals surface area contributed by atoms with Gasteiger partial charge in [0.25, 0.3) is 0 Å². The van der Waals surface area contributed by atoms with Gasteiger partial charge in [-0.3, -0.25) is 5.10 Å². The highest BCUT2D eigenvalue weighted by molar-refractivity contribution is 5.58. The summed E-state index contributed by atoms with van der Waals surface area (Å²) in [6.45, 7) is 0.822. The summed E-state index contributed by atoms with van der Waals surface area (Å²) in [5.74, 6) is -2.44. The Morgan fingerprint density at radius 3 is 2.50 bits per heavy atom. The molecule has 5 heteroatoms. The second-order valence-electron chi connectivity index (χ2n) is 6.76. The summed E-state index contributed by atoms with van der Waals surface area (Å²) in [6.07, 6.45) is 3.53. The Kier molecular flexibility index (Phi) is 3.08. The van der Waals surface area contributed by atoms with Gasteiger partial charge in [-0.2, -0.15) is 5.10 Å². The number of aromatic amines is 1. The molecule has 4 rings (SSSR count). The van der Waals surface area contributed by atoms with Gasteiger partial charge in [-0.1, -0.05) is 24.3 Å². The molecule has 1 unspecified atom stereocenters. The van der Waals surface area contributed by atoms with Crippen LogP contribution < -0.4 is 5.32 Å². The molecule has 1 spiro atoms. The molecule has 3 nitrogen and oxygen atoms in total. The number of piperidine rings is 1. The summed E-state index contributed by atoms with van der Waals surface area (Å²) in [5, 5.41) is 10.4. The fraction of sp³-hybridized carbons (Fsp3) is 0.471. The quantitative estimate of drug-likeness (QED) is 0.883. The zero-order chi connectivity index (χ0) is 15.2. The molecule has 1 saturated heterocycles. The van der Waals surface area contributed by atoms with Crippen molar-refractivity contribution in [3.8, 4) is 11.3 Å². The van der Waals surface area contributed by atoms with Crippen LogP contribution in [0.25, 0.3) is 11.3 Å². The van der Waals surface area contributed by atoms with Crippen molar-refractivity contribution in [2.75, 3.05) is 6.54 Å². The molecule has 2 aromatic rings. The van der Waals surface area contributed by atoms with Gasteiger partial charge in [0.2, 0.25) is 5.92 Å². The number of nitrogens with zero attached hydrogens (tertiary/aromatic N) is 1. The van der Waals surface area contributed by atoms with Crippen molar-refractivity contribution in [2.24, 2.45) is 5.41 Å². The molecular formula is C17H19F2N3. The van der Waals surface area contributed by atoms with E-state index in [-0.39, 0.29) is 24.3 Å². The van der Waals surface area contributed by atoms with Crippen LogP contribution in [0, 0.1) is 5.41 Å². The number of benzene rings is 1. The number of halogens is 2. The lowest BCUT2D eigenvalue weighted by atomic mass is 9.59. The molecule has 1 aromatic heterocycles. The fourth-order valence-electron chi connectivity index (χ4n) is 4.03. The Bertz CT molecular complexity index is 641. The van der Waals surface area contributed by atoms with E-state index in [4.69, 9.17) is 0 Å². The van der Waals surface area contributed by atoms with Crippen molar-refractivity contribution in [1.82, 2.24) is 15.5 Å². The molecule has 2 heterocycles. The molecule has 2 N–H and O–H groups in total. The number of alkyl halides is 2. The summed E-state index contributed by atoms with van der Waals surface area (Å²) in [4.78, 5) is 0. The highest BCUT2D eigenvalue weighted by Crippen LogP contribution is 2.58. The van der Waals surface area contributed by atoms with Crippen LogP contribution in [0.3, 0.4) is 0 Å². The highest BCUT2D eigenvalue weighted by Gasteiger charge is 2.57. The van der Waals surface area contributed by atoms with Crippen LogP contribution >= 0.6 is 0 Å². The van der Waals surface area contributed by atoms with Gasteiger partial charge < -0.3 is 5.32 Å². The molecule has 0 bridgehead atoms. The smallest absolute Gasteiger partial charge is 0.249 e. The van der Waals surface area contributed by atoms with Crippen LogP contribution in [0.1, 0.15) is 37.3 Å². The first-order valence-electron chi connectivity index (χ1n) is 7.76. The van der Waals surface area contributed by atoms with Crippen molar-refractivity contribution in [3.05, 3.63) is 42.1 Å². The predicted molar refractivity (Wildman–Crippen MR) is 80.6 cm³/mol. The van der Waals surface area contributed by atoms with Crippen LogP contribution in [-0.4, -0.2) is 22.7 Å². The zero-order valence-electron chi connectivity index (χ0n) is 12.3. The molecule has 0 amide bonds. The molecule has 2 fully saturated rings. The van der Waals surface area contributed by atoms with E-state index < -0.39 is 5.92 Å². The minimum absolute atomic E-state index is 0.0599. The van der Waals surface area contributed by atoms with Gasteiger partial charge in [0, 0.05) is 25.1 Å². The monoisotopic (exact) mass is 303 g/mol. The standard InChI is InChI=1S/C17H19F2N3/c18-17(19)10-16(11-17)6-8-20-15(9-16)13-3-1-12(2-4-13)14-5-7-21-22-14/h1-5,7,15,20H,6,8-11H2,(H,21,22). The maximum Gasteiger partial charge on any atom is 0.249 e. The number of H-pyrrole nitrogens is 1.